The molecular weight excluding hydrogens is 226 g/mol. The van der Waals surface area contributed by atoms with Crippen LogP contribution in [0.5, 0.6) is 0 Å². The predicted octanol–water partition coefficient (Wildman–Crippen LogP) is -0.256. The molecule has 6 heteroatoms. The fourth-order valence-corrected chi connectivity index (χ4v) is 1.51. The summed E-state index contributed by atoms with van der Waals surface area (Å²) >= 11 is 0. The number of anilines is 1. The Morgan fingerprint density at radius 3 is 2.53 bits per heavy atom. The SMILES string of the molecule is Nc1ccc(C(O)C(O)CCO)c(C(=O)O)c1. The van der Waals surface area contributed by atoms with E-state index in [1.165, 1.54) is 18.2 Å². The molecule has 6 nitrogen and oxygen atoms in total. The Labute approximate surface area is 97.9 Å². The van der Waals surface area contributed by atoms with Gasteiger partial charge >= 0.3 is 5.97 Å². The number of nitrogens with two attached hydrogens (primary N) is 1. The van der Waals surface area contributed by atoms with E-state index in [1.54, 1.807) is 0 Å². The zero-order valence-electron chi connectivity index (χ0n) is 9.08. The second kappa shape index (κ2) is 5.62. The van der Waals surface area contributed by atoms with Gasteiger partial charge in [-0.2, -0.15) is 0 Å². The summed E-state index contributed by atoms with van der Waals surface area (Å²) in [6.45, 7) is -0.296. The summed E-state index contributed by atoms with van der Waals surface area (Å²) in [7, 11) is 0. The minimum Gasteiger partial charge on any atom is -0.478 e. The fourth-order valence-electron chi connectivity index (χ4n) is 1.51. The molecule has 17 heavy (non-hydrogen) atoms. The summed E-state index contributed by atoms with van der Waals surface area (Å²) in [5.41, 5.74) is 5.63. The quantitative estimate of drug-likeness (QED) is 0.452. The van der Waals surface area contributed by atoms with Gasteiger partial charge in [0, 0.05) is 12.3 Å². The van der Waals surface area contributed by atoms with Crippen LogP contribution in [0.1, 0.15) is 28.4 Å². The third-order valence-corrected chi connectivity index (χ3v) is 2.42. The van der Waals surface area contributed by atoms with E-state index in [0.717, 1.165) is 0 Å². The molecule has 0 amide bonds. The van der Waals surface area contributed by atoms with Gasteiger partial charge in [0.15, 0.2) is 0 Å². The number of hydrogen-bond donors (Lipinski definition) is 5. The lowest BCUT2D eigenvalue weighted by Gasteiger charge is -2.19. The van der Waals surface area contributed by atoms with Crippen molar-refractivity contribution in [1.29, 1.82) is 0 Å². The molecule has 0 saturated heterocycles. The molecule has 0 aliphatic carbocycles. The Bertz CT molecular complexity index is 407. The third-order valence-electron chi connectivity index (χ3n) is 2.42. The van der Waals surface area contributed by atoms with Gasteiger partial charge in [-0.3, -0.25) is 0 Å². The first-order valence-corrected chi connectivity index (χ1v) is 5.07. The van der Waals surface area contributed by atoms with E-state index in [0.29, 0.717) is 0 Å². The molecule has 1 rings (SSSR count). The normalized spacial score (nSPS) is 14.3. The molecular formula is C11H15NO5. The highest BCUT2D eigenvalue weighted by atomic mass is 16.4. The molecule has 2 unspecified atom stereocenters. The summed E-state index contributed by atoms with van der Waals surface area (Å²) in [6, 6.07) is 4.01. The molecule has 1 aromatic carbocycles. The maximum atomic E-state index is 11.0. The Balaban J connectivity index is 3.08. The molecule has 0 aliphatic heterocycles. The lowest BCUT2D eigenvalue weighted by molar-refractivity contribution is 0.00352. The lowest BCUT2D eigenvalue weighted by Crippen LogP contribution is -2.21. The van der Waals surface area contributed by atoms with Gasteiger partial charge in [-0.25, -0.2) is 4.79 Å². The Morgan fingerprint density at radius 2 is 2.00 bits per heavy atom. The van der Waals surface area contributed by atoms with Gasteiger partial charge in [0.25, 0.3) is 0 Å². The number of hydrogen-bond acceptors (Lipinski definition) is 5. The highest BCUT2D eigenvalue weighted by molar-refractivity contribution is 5.90. The number of nitrogen functional groups attached to an aromatic ring is 1. The van der Waals surface area contributed by atoms with Crippen LogP contribution in [-0.2, 0) is 0 Å². The van der Waals surface area contributed by atoms with E-state index in [-0.39, 0.29) is 29.8 Å². The van der Waals surface area contributed by atoms with Crippen LogP contribution in [0.4, 0.5) is 5.69 Å². The first-order valence-electron chi connectivity index (χ1n) is 5.07. The average Bonchev–Trinajstić information content (AvgIpc) is 2.28. The van der Waals surface area contributed by atoms with Crippen LogP contribution < -0.4 is 5.73 Å². The van der Waals surface area contributed by atoms with Crippen LogP contribution in [0.25, 0.3) is 0 Å². The van der Waals surface area contributed by atoms with Gasteiger partial charge < -0.3 is 26.2 Å². The number of rotatable bonds is 5. The van der Waals surface area contributed by atoms with Crippen molar-refractivity contribution < 1.29 is 25.2 Å². The molecule has 2 atom stereocenters. The van der Waals surface area contributed by atoms with Crippen molar-refractivity contribution in [2.24, 2.45) is 0 Å². The average molecular weight is 241 g/mol. The van der Waals surface area contributed by atoms with E-state index in [1.807, 2.05) is 0 Å². The predicted molar refractivity (Wildman–Crippen MR) is 60.5 cm³/mol. The van der Waals surface area contributed by atoms with E-state index in [9.17, 15) is 15.0 Å². The molecule has 0 spiro atoms. The number of carbonyl (C=O) groups is 1. The lowest BCUT2D eigenvalue weighted by atomic mass is 9.97. The third kappa shape index (κ3) is 3.16. The van der Waals surface area contributed by atoms with Gasteiger partial charge in [-0.15, -0.1) is 0 Å². The van der Waals surface area contributed by atoms with E-state index in [4.69, 9.17) is 15.9 Å². The number of carboxylic acid groups (broad SMARTS) is 1. The Hall–Kier alpha value is -1.63. The minimum absolute atomic E-state index is 0.0371. The molecule has 0 heterocycles. The highest BCUT2D eigenvalue weighted by Crippen LogP contribution is 2.24. The van der Waals surface area contributed by atoms with Crippen molar-refractivity contribution in [1.82, 2.24) is 0 Å². The van der Waals surface area contributed by atoms with Gasteiger partial charge in [-0.05, 0) is 24.1 Å². The van der Waals surface area contributed by atoms with E-state index >= 15 is 0 Å². The Morgan fingerprint density at radius 1 is 1.35 bits per heavy atom. The molecule has 0 saturated carbocycles. The molecule has 0 radical (unpaired) electrons. The second-order valence-corrected chi connectivity index (χ2v) is 3.68. The van der Waals surface area contributed by atoms with Crippen molar-refractivity contribution in [3.05, 3.63) is 29.3 Å². The zero-order valence-corrected chi connectivity index (χ0v) is 9.08. The van der Waals surface area contributed by atoms with Gasteiger partial charge in [-0.1, -0.05) is 6.07 Å². The largest absolute Gasteiger partial charge is 0.478 e. The van der Waals surface area contributed by atoms with Crippen molar-refractivity contribution >= 4 is 11.7 Å². The molecule has 6 N–H and O–H groups in total. The van der Waals surface area contributed by atoms with Crippen LogP contribution in [-0.4, -0.2) is 39.1 Å². The fraction of sp³-hybridized carbons (Fsp3) is 0.364. The van der Waals surface area contributed by atoms with Crippen LogP contribution in [0.15, 0.2) is 18.2 Å². The van der Waals surface area contributed by atoms with Crippen molar-refractivity contribution in [3.63, 3.8) is 0 Å². The number of aliphatic hydroxyl groups is 3. The van der Waals surface area contributed by atoms with Crippen LogP contribution in [0.2, 0.25) is 0 Å². The van der Waals surface area contributed by atoms with Gasteiger partial charge in [0.2, 0.25) is 0 Å². The molecule has 1 aromatic rings. The summed E-state index contributed by atoms with van der Waals surface area (Å²) in [5.74, 6) is -1.23. The van der Waals surface area contributed by atoms with Crippen molar-refractivity contribution in [3.8, 4) is 0 Å². The summed E-state index contributed by atoms with van der Waals surface area (Å²) < 4.78 is 0. The van der Waals surface area contributed by atoms with Gasteiger partial charge in [0.1, 0.15) is 6.10 Å². The maximum absolute atomic E-state index is 11.0. The van der Waals surface area contributed by atoms with Crippen LogP contribution in [0.3, 0.4) is 0 Å². The first kappa shape index (κ1) is 13.4. The minimum atomic E-state index is -1.37. The van der Waals surface area contributed by atoms with Crippen LogP contribution in [0, 0.1) is 0 Å². The van der Waals surface area contributed by atoms with E-state index < -0.39 is 18.2 Å². The maximum Gasteiger partial charge on any atom is 0.336 e. The number of benzene rings is 1. The zero-order chi connectivity index (χ0) is 13.0. The summed E-state index contributed by atoms with van der Waals surface area (Å²) in [6.07, 6.45) is -2.62. The van der Waals surface area contributed by atoms with E-state index in [2.05, 4.69) is 0 Å². The molecule has 0 bridgehead atoms. The Kier molecular flexibility index (Phi) is 4.45. The first-order chi connectivity index (χ1) is 7.97. The summed E-state index contributed by atoms with van der Waals surface area (Å²) in [5, 5.41) is 36.9. The molecule has 0 aliphatic rings. The van der Waals surface area contributed by atoms with Crippen LogP contribution >= 0.6 is 0 Å². The molecule has 0 aromatic heterocycles. The number of carboxylic acids is 1. The highest BCUT2D eigenvalue weighted by Gasteiger charge is 2.23. The molecule has 0 fully saturated rings. The van der Waals surface area contributed by atoms with Crippen molar-refractivity contribution in [2.45, 2.75) is 18.6 Å². The van der Waals surface area contributed by atoms with Crippen molar-refractivity contribution in [2.75, 3.05) is 12.3 Å². The van der Waals surface area contributed by atoms with Gasteiger partial charge in [0.05, 0.1) is 11.7 Å². The summed E-state index contributed by atoms with van der Waals surface area (Å²) in [4.78, 5) is 11.0. The topological polar surface area (TPSA) is 124 Å². The standard InChI is InChI=1S/C11H15NO5/c12-6-1-2-7(8(5-6)11(16)17)10(15)9(14)3-4-13/h1-2,5,9-10,13-15H,3-4,12H2,(H,16,17). The molecule has 94 valence electrons. The monoisotopic (exact) mass is 241 g/mol. The number of aromatic carboxylic acids is 1. The smallest absolute Gasteiger partial charge is 0.336 e. The second-order valence-electron chi connectivity index (χ2n) is 3.68. The number of aliphatic hydroxyl groups excluding tert-OH is 3.